The number of hydrogen-bond acceptors (Lipinski definition) is 4. The van der Waals surface area contributed by atoms with Crippen LogP contribution < -0.4 is 10.6 Å². The molecule has 88 valence electrons. The van der Waals surface area contributed by atoms with Gasteiger partial charge in [0, 0.05) is 18.3 Å². The van der Waals surface area contributed by atoms with E-state index in [0.717, 1.165) is 24.6 Å². The van der Waals surface area contributed by atoms with Gasteiger partial charge in [0.1, 0.15) is 0 Å². The fourth-order valence-electron chi connectivity index (χ4n) is 1.47. The molecular weight excluding hydrogens is 222 g/mol. The Bertz CT molecular complexity index is 322. The van der Waals surface area contributed by atoms with Crippen molar-refractivity contribution >= 4 is 17.2 Å². The Balaban J connectivity index is 1.49. The summed E-state index contributed by atoms with van der Waals surface area (Å²) < 4.78 is 0. The number of rotatable bonds is 7. The first kappa shape index (κ1) is 11.5. The van der Waals surface area contributed by atoms with Crippen molar-refractivity contribution in [3.05, 3.63) is 16.6 Å². The lowest BCUT2D eigenvalue weighted by molar-refractivity contribution is -0.120. The summed E-state index contributed by atoms with van der Waals surface area (Å²) >= 11 is 1.59. The Labute approximate surface area is 99.5 Å². The van der Waals surface area contributed by atoms with Crippen LogP contribution in [0.25, 0.3) is 0 Å². The molecule has 5 heteroatoms. The minimum atomic E-state index is 0.0795. The van der Waals surface area contributed by atoms with Crippen molar-refractivity contribution in [1.82, 2.24) is 15.6 Å². The SMILES string of the molecule is O=C(CNCC1CC1)NCCc1cscn1. The molecule has 0 aliphatic heterocycles. The fraction of sp³-hybridized carbons (Fsp3) is 0.636. The molecule has 1 fully saturated rings. The highest BCUT2D eigenvalue weighted by Gasteiger charge is 2.20. The number of carbonyl (C=O) groups excluding carboxylic acids is 1. The van der Waals surface area contributed by atoms with Crippen LogP contribution in [0.1, 0.15) is 18.5 Å². The molecule has 1 aromatic rings. The maximum absolute atomic E-state index is 11.4. The van der Waals surface area contributed by atoms with E-state index in [0.29, 0.717) is 13.1 Å². The number of amides is 1. The van der Waals surface area contributed by atoms with Crippen LogP contribution in [-0.2, 0) is 11.2 Å². The smallest absolute Gasteiger partial charge is 0.233 e. The fourth-order valence-corrected chi connectivity index (χ4v) is 2.06. The number of aromatic nitrogens is 1. The van der Waals surface area contributed by atoms with Crippen molar-refractivity contribution in [2.45, 2.75) is 19.3 Å². The summed E-state index contributed by atoms with van der Waals surface area (Å²) in [5, 5.41) is 8.05. The van der Waals surface area contributed by atoms with Crippen LogP contribution in [0, 0.1) is 5.92 Å². The van der Waals surface area contributed by atoms with Crippen molar-refractivity contribution in [3.63, 3.8) is 0 Å². The Kier molecular flexibility index (Phi) is 4.30. The first-order valence-electron chi connectivity index (χ1n) is 5.69. The zero-order chi connectivity index (χ0) is 11.2. The van der Waals surface area contributed by atoms with E-state index in [1.807, 2.05) is 10.9 Å². The zero-order valence-electron chi connectivity index (χ0n) is 9.24. The maximum atomic E-state index is 11.4. The molecule has 1 aliphatic rings. The summed E-state index contributed by atoms with van der Waals surface area (Å²) in [4.78, 5) is 15.5. The molecule has 1 amide bonds. The molecule has 2 N–H and O–H groups in total. The molecule has 1 aromatic heterocycles. The second-order valence-electron chi connectivity index (χ2n) is 4.15. The van der Waals surface area contributed by atoms with Crippen LogP contribution in [-0.4, -0.2) is 30.5 Å². The van der Waals surface area contributed by atoms with E-state index in [1.165, 1.54) is 12.8 Å². The molecule has 0 unspecified atom stereocenters. The molecule has 1 aliphatic carbocycles. The molecule has 0 atom stereocenters. The van der Waals surface area contributed by atoms with Gasteiger partial charge < -0.3 is 10.6 Å². The molecule has 0 saturated heterocycles. The van der Waals surface area contributed by atoms with Gasteiger partial charge in [0.15, 0.2) is 0 Å². The van der Waals surface area contributed by atoms with Gasteiger partial charge in [0.2, 0.25) is 5.91 Å². The summed E-state index contributed by atoms with van der Waals surface area (Å²) in [7, 11) is 0. The van der Waals surface area contributed by atoms with Gasteiger partial charge in [-0.05, 0) is 25.3 Å². The molecule has 16 heavy (non-hydrogen) atoms. The Morgan fingerprint density at radius 2 is 2.44 bits per heavy atom. The van der Waals surface area contributed by atoms with Gasteiger partial charge in [-0.3, -0.25) is 4.79 Å². The average Bonchev–Trinajstić information content (AvgIpc) is 2.94. The van der Waals surface area contributed by atoms with E-state index in [-0.39, 0.29) is 5.91 Å². The van der Waals surface area contributed by atoms with E-state index in [2.05, 4.69) is 15.6 Å². The molecule has 1 saturated carbocycles. The van der Waals surface area contributed by atoms with Crippen LogP contribution in [0.4, 0.5) is 0 Å². The van der Waals surface area contributed by atoms with Crippen LogP contribution >= 0.6 is 11.3 Å². The van der Waals surface area contributed by atoms with E-state index in [9.17, 15) is 4.79 Å². The summed E-state index contributed by atoms with van der Waals surface area (Å²) in [5.74, 6) is 0.902. The molecule has 0 bridgehead atoms. The van der Waals surface area contributed by atoms with Crippen molar-refractivity contribution in [3.8, 4) is 0 Å². The summed E-state index contributed by atoms with van der Waals surface area (Å²) in [6.07, 6.45) is 3.45. The standard InChI is InChI=1S/C11H17N3OS/c15-11(6-12-5-9-1-2-9)13-4-3-10-7-16-8-14-10/h7-9,12H,1-6H2,(H,13,15). The van der Waals surface area contributed by atoms with Gasteiger partial charge in [-0.15, -0.1) is 11.3 Å². The number of carbonyl (C=O) groups is 1. The first-order valence-corrected chi connectivity index (χ1v) is 6.63. The summed E-state index contributed by atoms with van der Waals surface area (Å²) in [5.41, 5.74) is 2.87. The molecule has 2 rings (SSSR count). The largest absolute Gasteiger partial charge is 0.355 e. The predicted octanol–water partition coefficient (Wildman–Crippen LogP) is 0.801. The summed E-state index contributed by atoms with van der Waals surface area (Å²) in [6.45, 7) is 2.10. The van der Waals surface area contributed by atoms with Gasteiger partial charge in [-0.2, -0.15) is 0 Å². The molecule has 4 nitrogen and oxygen atoms in total. The van der Waals surface area contributed by atoms with Gasteiger partial charge in [-0.1, -0.05) is 0 Å². The second-order valence-corrected chi connectivity index (χ2v) is 4.87. The van der Waals surface area contributed by atoms with Crippen LogP contribution in [0.2, 0.25) is 0 Å². The van der Waals surface area contributed by atoms with Crippen molar-refractivity contribution < 1.29 is 4.79 Å². The van der Waals surface area contributed by atoms with Crippen LogP contribution in [0.3, 0.4) is 0 Å². The molecule has 0 radical (unpaired) electrons. The number of hydrogen-bond donors (Lipinski definition) is 2. The highest BCUT2D eigenvalue weighted by Crippen LogP contribution is 2.27. The van der Waals surface area contributed by atoms with Crippen molar-refractivity contribution in [2.24, 2.45) is 5.92 Å². The van der Waals surface area contributed by atoms with Crippen LogP contribution in [0.5, 0.6) is 0 Å². The number of nitrogens with zero attached hydrogens (tertiary/aromatic N) is 1. The van der Waals surface area contributed by atoms with Gasteiger partial charge in [0.05, 0.1) is 17.7 Å². The molecular formula is C11H17N3OS. The lowest BCUT2D eigenvalue weighted by Crippen LogP contribution is -2.35. The Morgan fingerprint density at radius 3 is 3.12 bits per heavy atom. The maximum Gasteiger partial charge on any atom is 0.233 e. The van der Waals surface area contributed by atoms with Crippen LogP contribution in [0.15, 0.2) is 10.9 Å². The predicted molar refractivity (Wildman–Crippen MR) is 64.4 cm³/mol. The van der Waals surface area contributed by atoms with Gasteiger partial charge in [0.25, 0.3) is 0 Å². The third-order valence-corrected chi connectivity index (χ3v) is 3.24. The lowest BCUT2D eigenvalue weighted by Gasteiger charge is -2.05. The number of nitrogens with one attached hydrogen (secondary N) is 2. The normalized spacial score (nSPS) is 15.0. The Hall–Kier alpha value is -0.940. The van der Waals surface area contributed by atoms with E-state index < -0.39 is 0 Å². The monoisotopic (exact) mass is 239 g/mol. The van der Waals surface area contributed by atoms with E-state index >= 15 is 0 Å². The highest BCUT2D eigenvalue weighted by atomic mass is 32.1. The topological polar surface area (TPSA) is 54.0 Å². The molecule has 0 spiro atoms. The average molecular weight is 239 g/mol. The van der Waals surface area contributed by atoms with Gasteiger partial charge >= 0.3 is 0 Å². The lowest BCUT2D eigenvalue weighted by atomic mass is 10.3. The summed E-state index contributed by atoms with van der Waals surface area (Å²) in [6, 6.07) is 0. The van der Waals surface area contributed by atoms with Gasteiger partial charge in [-0.25, -0.2) is 4.98 Å². The zero-order valence-corrected chi connectivity index (χ0v) is 10.1. The molecule has 1 heterocycles. The third-order valence-electron chi connectivity index (χ3n) is 2.60. The Morgan fingerprint density at radius 1 is 1.56 bits per heavy atom. The highest BCUT2D eigenvalue weighted by molar-refractivity contribution is 7.07. The van der Waals surface area contributed by atoms with E-state index in [1.54, 1.807) is 11.3 Å². The number of thiazole rings is 1. The minimum absolute atomic E-state index is 0.0795. The quantitative estimate of drug-likeness (QED) is 0.740. The van der Waals surface area contributed by atoms with Crippen molar-refractivity contribution in [1.29, 1.82) is 0 Å². The van der Waals surface area contributed by atoms with E-state index in [4.69, 9.17) is 0 Å². The minimum Gasteiger partial charge on any atom is -0.355 e. The van der Waals surface area contributed by atoms with Crippen molar-refractivity contribution in [2.75, 3.05) is 19.6 Å². The first-order chi connectivity index (χ1) is 7.84. The molecule has 0 aromatic carbocycles. The third kappa shape index (κ3) is 4.28. The second kappa shape index (κ2) is 5.96.